The second kappa shape index (κ2) is 4.42. The number of nitrogens with zero attached hydrogens (tertiary/aromatic N) is 2. The van der Waals surface area contributed by atoms with E-state index in [1.165, 1.54) is 10.5 Å². The van der Waals surface area contributed by atoms with Gasteiger partial charge in [0.15, 0.2) is 5.03 Å². The number of H-pyrrole nitrogens is 1. The molecule has 6 heteroatoms. The van der Waals surface area contributed by atoms with E-state index >= 15 is 0 Å². The monoisotopic (exact) mass is 257 g/mol. The summed E-state index contributed by atoms with van der Waals surface area (Å²) in [7, 11) is -1.76. The Kier molecular flexibility index (Phi) is 3.27. The Bertz CT molecular complexity index is 495. The molecule has 2 rings (SSSR count). The molecule has 1 N–H and O–H groups in total. The van der Waals surface area contributed by atoms with Gasteiger partial charge in [-0.15, -0.1) is 0 Å². The van der Waals surface area contributed by atoms with Crippen LogP contribution in [0.3, 0.4) is 0 Å². The largest absolute Gasteiger partial charge is 0.332 e. The molecule has 1 saturated carbocycles. The molecule has 2 atom stereocenters. The Morgan fingerprint density at radius 3 is 2.71 bits per heavy atom. The summed E-state index contributed by atoms with van der Waals surface area (Å²) in [6.45, 7) is 4.69. The van der Waals surface area contributed by atoms with Gasteiger partial charge < -0.3 is 4.98 Å². The molecule has 0 aliphatic heterocycles. The minimum absolute atomic E-state index is 0.199. The van der Waals surface area contributed by atoms with Gasteiger partial charge in [0.25, 0.3) is 10.0 Å². The van der Waals surface area contributed by atoms with Crippen LogP contribution in [0, 0.1) is 11.8 Å². The van der Waals surface area contributed by atoms with Gasteiger partial charge in [-0.3, -0.25) is 0 Å². The van der Waals surface area contributed by atoms with Gasteiger partial charge in [0.05, 0.1) is 6.20 Å². The fourth-order valence-corrected chi connectivity index (χ4v) is 3.06. The first-order valence-corrected chi connectivity index (χ1v) is 7.39. The number of aromatic amines is 1. The smallest absolute Gasteiger partial charge is 0.259 e. The zero-order chi connectivity index (χ0) is 12.6. The highest BCUT2D eigenvalue weighted by Gasteiger charge is 2.36. The number of imidazole rings is 1. The Hall–Kier alpha value is -0.880. The number of rotatable bonds is 5. The predicted octanol–water partition coefficient (Wildman–Crippen LogP) is 1.25. The van der Waals surface area contributed by atoms with Crippen molar-refractivity contribution in [2.45, 2.75) is 31.7 Å². The van der Waals surface area contributed by atoms with Crippen LogP contribution >= 0.6 is 0 Å². The highest BCUT2D eigenvalue weighted by Crippen LogP contribution is 2.38. The van der Waals surface area contributed by atoms with E-state index in [1.54, 1.807) is 7.05 Å². The maximum atomic E-state index is 12.2. The van der Waals surface area contributed by atoms with Gasteiger partial charge in [0.2, 0.25) is 0 Å². The van der Waals surface area contributed by atoms with E-state index in [1.807, 2.05) is 6.92 Å². The zero-order valence-electron chi connectivity index (χ0n) is 10.5. The maximum absolute atomic E-state index is 12.2. The van der Waals surface area contributed by atoms with Crippen molar-refractivity contribution in [1.29, 1.82) is 0 Å². The van der Waals surface area contributed by atoms with Gasteiger partial charge in [-0.25, -0.2) is 13.4 Å². The second-order valence-electron chi connectivity index (χ2n) is 4.81. The fourth-order valence-electron chi connectivity index (χ4n) is 1.90. The number of nitrogens with one attached hydrogen (secondary N) is 1. The third-order valence-electron chi connectivity index (χ3n) is 3.40. The van der Waals surface area contributed by atoms with Crippen LogP contribution in [0.5, 0.6) is 0 Å². The topological polar surface area (TPSA) is 66.1 Å². The Morgan fingerprint density at radius 2 is 2.24 bits per heavy atom. The Morgan fingerprint density at radius 1 is 1.59 bits per heavy atom. The van der Waals surface area contributed by atoms with Crippen LogP contribution in [0.25, 0.3) is 0 Å². The maximum Gasteiger partial charge on any atom is 0.259 e. The van der Waals surface area contributed by atoms with Crippen LogP contribution in [-0.4, -0.2) is 36.3 Å². The summed E-state index contributed by atoms with van der Waals surface area (Å²) in [6, 6.07) is 0. The molecular weight excluding hydrogens is 238 g/mol. The van der Waals surface area contributed by atoms with Crippen LogP contribution in [0.2, 0.25) is 0 Å². The molecule has 96 valence electrons. The lowest BCUT2D eigenvalue weighted by molar-refractivity contribution is 0.442. The van der Waals surface area contributed by atoms with E-state index in [0.29, 0.717) is 30.6 Å². The zero-order valence-corrected chi connectivity index (χ0v) is 11.3. The standard InChI is InChI=1S/C11H19N3O2S/c1-4-10-12-6-11(13-10)17(15,16)14(3)7-9-5-8(9)2/h6,8-9H,4-5,7H2,1-3H3,(H,12,13). The molecule has 2 unspecified atom stereocenters. The molecule has 0 saturated heterocycles. The minimum atomic E-state index is -3.39. The lowest BCUT2D eigenvalue weighted by atomic mass is 10.3. The summed E-state index contributed by atoms with van der Waals surface area (Å²) in [5.41, 5.74) is 0. The fraction of sp³-hybridized carbons (Fsp3) is 0.727. The molecule has 1 aliphatic carbocycles. The lowest BCUT2D eigenvalue weighted by Crippen LogP contribution is -2.29. The lowest BCUT2D eigenvalue weighted by Gasteiger charge is -2.15. The first-order valence-electron chi connectivity index (χ1n) is 5.95. The molecule has 1 aliphatic rings. The highest BCUT2D eigenvalue weighted by molar-refractivity contribution is 7.89. The number of sulfonamides is 1. The van der Waals surface area contributed by atoms with Crippen LogP contribution in [-0.2, 0) is 16.4 Å². The first-order chi connectivity index (χ1) is 7.95. The minimum Gasteiger partial charge on any atom is -0.332 e. The van der Waals surface area contributed by atoms with Gasteiger partial charge in [-0.2, -0.15) is 4.31 Å². The Labute approximate surface area is 102 Å². The third kappa shape index (κ3) is 2.52. The molecule has 1 aromatic rings. The van der Waals surface area contributed by atoms with Gasteiger partial charge in [0, 0.05) is 20.0 Å². The molecular formula is C11H19N3O2S. The summed E-state index contributed by atoms with van der Waals surface area (Å²) in [4.78, 5) is 6.88. The quantitative estimate of drug-likeness (QED) is 0.863. The molecule has 0 radical (unpaired) electrons. The van der Waals surface area contributed by atoms with Crippen molar-refractivity contribution in [3.8, 4) is 0 Å². The van der Waals surface area contributed by atoms with Gasteiger partial charge >= 0.3 is 0 Å². The van der Waals surface area contributed by atoms with Crippen LogP contribution in [0.15, 0.2) is 11.2 Å². The van der Waals surface area contributed by atoms with Crippen molar-refractivity contribution in [2.75, 3.05) is 13.6 Å². The molecule has 1 fully saturated rings. The van der Waals surface area contributed by atoms with Crippen molar-refractivity contribution in [1.82, 2.24) is 14.3 Å². The SMILES string of the molecule is CCc1ncc(S(=O)(=O)N(C)CC2CC2C)[nH]1. The van der Waals surface area contributed by atoms with E-state index in [0.717, 1.165) is 6.42 Å². The van der Waals surface area contributed by atoms with E-state index in [9.17, 15) is 8.42 Å². The first kappa shape index (κ1) is 12.6. The molecule has 1 heterocycles. The summed E-state index contributed by atoms with van der Waals surface area (Å²) >= 11 is 0. The second-order valence-corrected chi connectivity index (χ2v) is 6.82. The molecule has 17 heavy (non-hydrogen) atoms. The summed E-state index contributed by atoms with van der Waals surface area (Å²) in [6.07, 6.45) is 3.24. The van der Waals surface area contributed by atoms with Crippen molar-refractivity contribution < 1.29 is 8.42 Å². The molecule has 1 aromatic heterocycles. The van der Waals surface area contributed by atoms with Crippen molar-refractivity contribution in [2.24, 2.45) is 11.8 Å². The van der Waals surface area contributed by atoms with Crippen molar-refractivity contribution >= 4 is 10.0 Å². The Balaban J connectivity index is 2.11. The van der Waals surface area contributed by atoms with E-state index in [4.69, 9.17) is 0 Å². The van der Waals surface area contributed by atoms with Gasteiger partial charge in [-0.05, 0) is 18.3 Å². The number of hydrogen-bond donors (Lipinski definition) is 1. The van der Waals surface area contributed by atoms with E-state index in [2.05, 4.69) is 16.9 Å². The van der Waals surface area contributed by atoms with Crippen LogP contribution in [0.1, 0.15) is 26.1 Å². The van der Waals surface area contributed by atoms with E-state index in [-0.39, 0.29) is 5.03 Å². The summed E-state index contributed by atoms with van der Waals surface area (Å²) in [5.74, 6) is 1.88. The van der Waals surface area contributed by atoms with Gasteiger partial charge in [-0.1, -0.05) is 13.8 Å². The van der Waals surface area contributed by atoms with Gasteiger partial charge in [0.1, 0.15) is 5.82 Å². The number of aryl methyl sites for hydroxylation is 1. The molecule has 0 bridgehead atoms. The van der Waals surface area contributed by atoms with Crippen molar-refractivity contribution in [3.05, 3.63) is 12.0 Å². The average molecular weight is 257 g/mol. The number of aromatic nitrogens is 2. The normalized spacial score (nSPS) is 24.2. The average Bonchev–Trinajstić information content (AvgIpc) is 2.83. The molecule has 5 nitrogen and oxygen atoms in total. The van der Waals surface area contributed by atoms with Crippen LogP contribution in [0.4, 0.5) is 0 Å². The van der Waals surface area contributed by atoms with Crippen molar-refractivity contribution in [3.63, 3.8) is 0 Å². The summed E-state index contributed by atoms with van der Waals surface area (Å²) < 4.78 is 25.8. The van der Waals surface area contributed by atoms with Crippen LogP contribution < -0.4 is 0 Å². The molecule has 0 amide bonds. The van der Waals surface area contributed by atoms with E-state index < -0.39 is 10.0 Å². The molecule has 0 spiro atoms. The number of hydrogen-bond acceptors (Lipinski definition) is 3. The third-order valence-corrected chi connectivity index (χ3v) is 5.13. The summed E-state index contributed by atoms with van der Waals surface area (Å²) in [5, 5.41) is 0.199. The highest BCUT2D eigenvalue weighted by atomic mass is 32.2. The predicted molar refractivity (Wildman–Crippen MR) is 65.1 cm³/mol. The molecule has 0 aromatic carbocycles.